The van der Waals surface area contributed by atoms with Gasteiger partial charge in [-0.15, -0.1) is 0 Å². The number of hydrogen-bond acceptors (Lipinski definition) is 5. The van der Waals surface area contributed by atoms with Crippen molar-refractivity contribution in [2.75, 3.05) is 25.4 Å². The number of para-hydroxylation sites is 1. The first-order valence-corrected chi connectivity index (χ1v) is 12.4. The second-order valence-electron chi connectivity index (χ2n) is 8.56. The van der Waals surface area contributed by atoms with Gasteiger partial charge >= 0.3 is 0 Å². The van der Waals surface area contributed by atoms with E-state index in [2.05, 4.69) is 10.4 Å². The van der Waals surface area contributed by atoms with Crippen LogP contribution in [0.2, 0.25) is 0 Å². The van der Waals surface area contributed by atoms with E-state index in [4.69, 9.17) is 4.74 Å². The molecule has 1 aliphatic carbocycles. The Morgan fingerprint density at radius 2 is 1.87 bits per heavy atom. The third-order valence-electron chi connectivity index (χ3n) is 5.78. The number of morpholine rings is 1. The van der Waals surface area contributed by atoms with Gasteiger partial charge in [0.2, 0.25) is 10.0 Å². The lowest BCUT2D eigenvalue weighted by Gasteiger charge is -2.34. The fourth-order valence-corrected chi connectivity index (χ4v) is 5.64. The number of aromatic nitrogens is 2. The predicted molar refractivity (Wildman–Crippen MR) is 118 cm³/mol. The average Bonchev–Trinajstić information content (AvgIpc) is 3.45. The van der Waals surface area contributed by atoms with Crippen molar-refractivity contribution in [2.24, 2.45) is 0 Å². The SMILES string of the molecule is Cc1ccccc1-n1ncc(C(=O)NCCS(=O)(=O)N2C[C@@H](C)O[C@@H](C)C2)c1C1CC1. The van der Waals surface area contributed by atoms with Crippen LogP contribution in [0.1, 0.15) is 54.2 Å². The van der Waals surface area contributed by atoms with Crippen LogP contribution >= 0.6 is 0 Å². The lowest BCUT2D eigenvalue weighted by molar-refractivity contribution is -0.0440. The van der Waals surface area contributed by atoms with E-state index in [0.29, 0.717) is 24.6 Å². The molecule has 0 radical (unpaired) electrons. The molecular formula is C22H30N4O4S. The Bertz CT molecular complexity index is 1050. The molecule has 1 aliphatic heterocycles. The largest absolute Gasteiger partial charge is 0.373 e. The van der Waals surface area contributed by atoms with Crippen molar-refractivity contribution in [3.05, 3.63) is 47.3 Å². The number of hydrogen-bond donors (Lipinski definition) is 1. The third-order valence-corrected chi connectivity index (χ3v) is 7.59. The number of ether oxygens (including phenoxy) is 1. The first-order valence-electron chi connectivity index (χ1n) is 10.8. The smallest absolute Gasteiger partial charge is 0.254 e. The van der Waals surface area contributed by atoms with Crippen LogP contribution in [0.25, 0.3) is 5.69 Å². The number of nitrogens with one attached hydrogen (secondary N) is 1. The summed E-state index contributed by atoms with van der Waals surface area (Å²) in [6.45, 7) is 6.49. The van der Waals surface area contributed by atoms with Crippen LogP contribution in [0, 0.1) is 6.92 Å². The summed E-state index contributed by atoms with van der Waals surface area (Å²) in [7, 11) is -3.47. The standard InChI is InChI=1S/C22H30N4O4S/c1-15-6-4-5-7-20(15)26-21(18-8-9-18)19(12-24-26)22(27)23-10-11-31(28,29)25-13-16(2)30-17(3)14-25/h4-7,12,16-18H,8-11,13-14H2,1-3H3,(H,23,27)/t16-,17+. The number of carbonyl (C=O) groups is 1. The molecule has 2 heterocycles. The first-order chi connectivity index (χ1) is 14.8. The topological polar surface area (TPSA) is 93.5 Å². The van der Waals surface area contributed by atoms with E-state index in [-0.39, 0.29) is 30.4 Å². The maximum absolute atomic E-state index is 12.9. The minimum atomic E-state index is -3.47. The quantitative estimate of drug-likeness (QED) is 0.704. The van der Waals surface area contributed by atoms with Crippen LogP contribution in [0.15, 0.2) is 30.5 Å². The molecule has 0 spiro atoms. The Labute approximate surface area is 183 Å². The maximum atomic E-state index is 12.9. The van der Waals surface area contributed by atoms with Gasteiger partial charge in [-0.2, -0.15) is 9.40 Å². The summed E-state index contributed by atoms with van der Waals surface area (Å²) in [5.74, 6) is -0.105. The van der Waals surface area contributed by atoms with Gasteiger partial charge in [-0.25, -0.2) is 13.1 Å². The zero-order valence-corrected chi connectivity index (χ0v) is 19.1. The minimum absolute atomic E-state index is 0.0565. The number of carbonyl (C=O) groups excluding carboxylic acids is 1. The summed E-state index contributed by atoms with van der Waals surface area (Å²) in [5, 5.41) is 7.28. The van der Waals surface area contributed by atoms with Gasteiger partial charge in [-0.1, -0.05) is 18.2 Å². The highest BCUT2D eigenvalue weighted by Crippen LogP contribution is 2.42. The van der Waals surface area contributed by atoms with E-state index in [9.17, 15) is 13.2 Å². The van der Waals surface area contributed by atoms with E-state index in [0.717, 1.165) is 29.8 Å². The molecular weight excluding hydrogens is 416 g/mol. The molecule has 1 saturated heterocycles. The monoisotopic (exact) mass is 446 g/mol. The van der Waals surface area contributed by atoms with Crippen molar-refractivity contribution < 1.29 is 17.9 Å². The first kappa shape index (κ1) is 22.0. The normalized spacial score (nSPS) is 22.4. The van der Waals surface area contributed by atoms with E-state index in [1.54, 1.807) is 6.20 Å². The number of nitrogens with zero attached hydrogens (tertiary/aromatic N) is 3. The highest BCUT2D eigenvalue weighted by molar-refractivity contribution is 7.89. The number of amides is 1. The Kier molecular flexibility index (Phi) is 6.18. The summed E-state index contributed by atoms with van der Waals surface area (Å²) >= 11 is 0. The third kappa shape index (κ3) is 4.83. The van der Waals surface area contributed by atoms with Crippen molar-refractivity contribution in [3.63, 3.8) is 0 Å². The van der Waals surface area contributed by atoms with Crippen molar-refractivity contribution >= 4 is 15.9 Å². The lowest BCUT2D eigenvalue weighted by atomic mass is 10.1. The molecule has 2 fully saturated rings. The lowest BCUT2D eigenvalue weighted by Crippen LogP contribution is -2.49. The second kappa shape index (κ2) is 8.72. The Morgan fingerprint density at radius 1 is 1.19 bits per heavy atom. The van der Waals surface area contributed by atoms with Crippen LogP contribution in [0.4, 0.5) is 0 Å². The Balaban J connectivity index is 1.44. The highest BCUT2D eigenvalue weighted by Gasteiger charge is 2.34. The molecule has 31 heavy (non-hydrogen) atoms. The molecule has 4 rings (SSSR count). The van der Waals surface area contributed by atoms with Crippen LogP contribution in [0.3, 0.4) is 0 Å². The van der Waals surface area contributed by atoms with E-state index in [1.807, 2.05) is 49.7 Å². The highest BCUT2D eigenvalue weighted by atomic mass is 32.2. The van der Waals surface area contributed by atoms with E-state index in [1.165, 1.54) is 4.31 Å². The van der Waals surface area contributed by atoms with Gasteiger partial charge in [0.1, 0.15) is 0 Å². The predicted octanol–water partition coefficient (Wildman–Crippen LogP) is 2.23. The summed E-state index contributed by atoms with van der Waals surface area (Å²) in [6.07, 6.45) is 3.37. The van der Waals surface area contributed by atoms with Gasteiger partial charge in [-0.3, -0.25) is 4.79 Å². The zero-order valence-electron chi connectivity index (χ0n) is 18.2. The Morgan fingerprint density at radius 3 is 2.52 bits per heavy atom. The minimum Gasteiger partial charge on any atom is -0.373 e. The molecule has 2 aromatic rings. The number of rotatable bonds is 7. The summed E-state index contributed by atoms with van der Waals surface area (Å²) < 4.78 is 34.4. The van der Waals surface area contributed by atoms with Gasteiger partial charge in [0.05, 0.1) is 41.1 Å². The fourth-order valence-electron chi connectivity index (χ4n) is 4.15. The Hall–Kier alpha value is -2.23. The molecule has 2 aliphatic rings. The number of benzene rings is 1. The zero-order chi connectivity index (χ0) is 22.2. The number of aryl methyl sites for hydroxylation is 1. The van der Waals surface area contributed by atoms with Crippen molar-refractivity contribution in [2.45, 2.75) is 51.7 Å². The maximum Gasteiger partial charge on any atom is 0.254 e. The van der Waals surface area contributed by atoms with Gasteiger partial charge in [0, 0.05) is 25.6 Å². The molecule has 9 heteroatoms. The molecule has 8 nitrogen and oxygen atoms in total. The van der Waals surface area contributed by atoms with Crippen LogP contribution in [0.5, 0.6) is 0 Å². The van der Waals surface area contributed by atoms with Crippen LogP contribution in [-0.2, 0) is 14.8 Å². The second-order valence-corrected chi connectivity index (χ2v) is 10.7. The summed E-state index contributed by atoms with van der Waals surface area (Å²) in [4.78, 5) is 12.9. The van der Waals surface area contributed by atoms with Gasteiger partial charge in [0.15, 0.2) is 0 Å². The van der Waals surface area contributed by atoms with E-state index < -0.39 is 10.0 Å². The molecule has 2 atom stereocenters. The van der Waals surface area contributed by atoms with Crippen LogP contribution in [-0.4, -0.2) is 66.0 Å². The number of sulfonamides is 1. The van der Waals surface area contributed by atoms with Crippen LogP contribution < -0.4 is 5.32 Å². The van der Waals surface area contributed by atoms with Crippen molar-refractivity contribution in [1.29, 1.82) is 0 Å². The van der Waals surface area contributed by atoms with E-state index >= 15 is 0 Å². The summed E-state index contributed by atoms with van der Waals surface area (Å²) in [6, 6.07) is 7.94. The van der Waals surface area contributed by atoms with Crippen molar-refractivity contribution in [1.82, 2.24) is 19.4 Å². The van der Waals surface area contributed by atoms with Gasteiger partial charge < -0.3 is 10.1 Å². The molecule has 0 unspecified atom stereocenters. The fraction of sp³-hybridized carbons (Fsp3) is 0.545. The molecule has 0 bridgehead atoms. The molecule has 1 saturated carbocycles. The summed E-state index contributed by atoms with van der Waals surface area (Å²) in [5.41, 5.74) is 3.48. The molecule has 168 valence electrons. The average molecular weight is 447 g/mol. The molecule has 1 N–H and O–H groups in total. The van der Waals surface area contributed by atoms with Gasteiger partial charge in [-0.05, 0) is 45.2 Å². The van der Waals surface area contributed by atoms with Gasteiger partial charge in [0.25, 0.3) is 5.91 Å². The molecule has 1 aromatic heterocycles. The molecule has 1 amide bonds. The molecule has 1 aromatic carbocycles. The van der Waals surface area contributed by atoms with Crippen molar-refractivity contribution in [3.8, 4) is 5.69 Å².